The zero-order valence-corrected chi connectivity index (χ0v) is 13.0. The van der Waals surface area contributed by atoms with Crippen molar-refractivity contribution in [1.82, 2.24) is 0 Å². The van der Waals surface area contributed by atoms with Crippen molar-refractivity contribution in [2.24, 2.45) is 0 Å². The first kappa shape index (κ1) is 15.2. The molecule has 0 bridgehead atoms. The van der Waals surface area contributed by atoms with Crippen LogP contribution in [0.2, 0.25) is 0 Å². The van der Waals surface area contributed by atoms with Gasteiger partial charge in [0.25, 0.3) is 0 Å². The summed E-state index contributed by atoms with van der Waals surface area (Å²) in [5.41, 5.74) is 1.96. The van der Waals surface area contributed by atoms with Gasteiger partial charge in [0, 0.05) is 24.6 Å². The maximum Gasteiger partial charge on any atom is 0.308 e. The van der Waals surface area contributed by atoms with Gasteiger partial charge in [-0.05, 0) is 36.6 Å². The molecule has 3 rings (SSSR count). The summed E-state index contributed by atoms with van der Waals surface area (Å²) in [5, 5.41) is 9.58. The topological polar surface area (TPSA) is 65.0 Å². The summed E-state index contributed by atoms with van der Waals surface area (Å²) in [7, 11) is 1.56. The van der Waals surface area contributed by atoms with Crippen molar-refractivity contribution in [3.8, 4) is 23.0 Å². The average molecular weight is 314 g/mol. The van der Waals surface area contributed by atoms with Crippen LogP contribution in [0.3, 0.4) is 0 Å². The molecule has 0 fully saturated rings. The SMILES string of the molecule is COc1cc(O)ccc1C1CCc2ccc(OC(C)=O)cc2O1. The Morgan fingerprint density at radius 2 is 2.09 bits per heavy atom. The smallest absolute Gasteiger partial charge is 0.308 e. The highest BCUT2D eigenvalue weighted by atomic mass is 16.5. The number of hydrogen-bond acceptors (Lipinski definition) is 5. The van der Waals surface area contributed by atoms with Gasteiger partial charge in [-0.25, -0.2) is 0 Å². The highest BCUT2D eigenvalue weighted by Gasteiger charge is 2.24. The molecule has 0 aromatic heterocycles. The van der Waals surface area contributed by atoms with E-state index in [0.717, 1.165) is 24.0 Å². The van der Waals surface area contributed by atoms with Gasteiger partial charge in [-0.1, -0.05) is 6.07 Å². The van der Waals surface area contributed by atoms with Crippen LogP contribution in [-0.4, -0.2) is 18.2 Å². The van der Waals surface area contributed by atoms with Crippen molar-refractivity contribution < 1.29 is 24.1 Å². The van der Waals surface area contributed by atoms with Gasteiger partial charge in [-0.15, -0.1) is 0 Å². The molecule has 0 saturated heterocycles. The van der Waals surface area contributed by atoms with E-state index in [4.69, 9.17) is 14.2 Å². The van der Waals surface area contributed by atoms with E-state index in [2.05, 4.69) is 0 Å². The highest BCUT2D eigenvalue weighted by molar-refractivity contribution is 5.69. The van der Waals surface area contributed by atoms with Crippen LogP contribution in [0.25, 0.3) is 0 Å². The molecule has 0 aliphatic carbocycles. The summed E-state index contributed by atoms with van der Waals surface area (Å²) >= 11 is 0. The monoisotopic (exact) mass is 314 g/mol. The van der Waals surface area contributed by atoms with E-state index in [-0.39, 0.29) is 17.8 Å². The Hall–Kier alpha value is -2.69. The van der Waals surface area contributed by atoms with Crippen LogP contribution in [0.1, 0.15) is 30.6 Å². The van der Waals surface area contributed by atoms with Crippen molar-refractivity contribution in [1.29, 1.82) is 0 Å². The quantitative estimate of drug-likeness (QED) is 0.695. The number of methoxy groups -OCH3 is 1. The lowest BCUT2D eigenvalue weighted by atomic mass is 9.96. The van der Waals surface area contributed by atoms with Crippen LogP contribution < -0.4 is 14.2 Å². The van der Waals surface area contributed by atoms with Gasteiger partial charge in [0.05, 0.1) is 7.11 Å². The van der Waals surface area contributed by atoms with Crippen LogP contribution in [-0.2, 0) is 11.2 Å². The van der Waals surface area contributed by atoms with Crippen LogP contribution in [0.4, 0.5) is 0 Å². The fourth-order valence-electron chi connectivity index (χ4n) is 2.76. The van der Waals surface area contributed by atoms with E-state index in [9.17, 15) is 9.90 Å². The van der Waals surface area contributed by atoms with E-state index < -0.39 is 0 Å². The second kappa shape index (κ2) is 6.20. The molecular weight excluding hydrogens is 296 g/mol. The van der Waals surface area contributed by atoms with Gasteiger partial charge in [-0.3, -0.25) is 4.79 Å². The third-order valence-electron chi connectivity index (χ3n) is 3.81. The van der Waals surface area contributed by atoms with E-state index in [1.807, 2.05) is 6.07 Å². The number of carbonyl (C=O) groups excluding carboxylic acids is 1. The molecule has 1 aliphatic heterocycles. The Morgan fingerprint density at radius 3 is 2.83 bits per heavy atom. The van der Waals surface area contributed by atoms with E-state index >= 15 is 0 Å². The Balaban J connectivity index is 1.88. The van der Waals surface area contributed by atoms with E-state index in [1.54, 1.807) is 37.4 Å². The maximum absolute atomic E-state index is 11.1. The molecule has 5 heteroatoms. The summed E-state index contributed by atoms with van der Waals surface area (Å²) in [5.74, 6) is 1.55. The second-order valence-corrected chi connectivity index (χ2v) is 5.43. The molecule has 0 saturated carbocycles. The minimum Gasteiger partial charge on any atom is -0.508 e. The van der Waals surface area contributed by atoms with Crippen molar-refractivity contribution in [3.05, 3.63) is 47.5 Å². The molecule has 5 nitrogen and oxygen atoms in total. The van der Waals surface area contributed by atoms with E-state index in [1.165, 1.54) is 6.92 Å². The first-order valence-electron chi connectivity index (χ1n) is 7.41. The summed E-state index contributed by atoms with van der Waals surface area (Å²) in [6.07, 6.45) is 1.48. The summed E-state index contributed by atoms with van der Waals surface area (Å²) < 4.78 is 16.5. The predicted molar refractivity (Wildman–Crippen MR) is 84.1 cm³/mol. The number of phenolic OH excluding ortho intramolecular Hbond substituents is 1. The summed E-state index contributed by atoms with van der Waals surface area (Å²) in [4.78, 5) is 11.1. The fourth-order valence-corrected chi connectivity index (χ4v) is 2.76. The Bertz CT molecular complexity index is 738. The second-order valence-electron chi connectivity index (χ2n) is 5.43. The molecule has 120 valence electrons. The molecule has 0 amide bonds. The number of benzene rings is 2. The zero-order valence-electron chi connectivity index (χ0n) is 13.0. The molecule has 1 heterocycles. The molecular formula is C18H18O5. The lowest BCUT2D eigenvalue weighted by Crippen LogP contribution is -2.16. The number of aryl methyl sites for hydroxylation is 1. The number of esters is 1. The van der Waals surface area contributed by atoms with Crippen LogP contribution >= 0.6 is 0 Å². The van der Waals surface area contributed by atoms with Gasteiger partial charge in [0.15, 0.2) is 0 Å². The minimum absolute atomic E-state index is 0.152. The van der Waals surface area contributed by atoms with Gasteiger partial charge in [-0.2, -0.15) is 0 Å². The van der Waals surface area contributed by atoms with Crippen molar-refractivity contribution >= 4 is 5.97 Å². The largest absolute Gasteiger partial charge is 0.508 e. The first-order chi connectivity index (χ1) is 11.1. The molecule has 0 radical (unpaired) electrons. The number of fused-ring (bicyclic) bond motifs is 1. The number of phenols is 1. The summed E-state index contributed by atoms with van der Waals surface area (Å²) in [6.45, 7) is 1.37. The molecule has 0 spiro atoms. The molecule has 23 heavy (non-hydrogen) atoms. The number of carbonyl (C=O) groups is 1. The molecule has 2 aromatic carbocycles. The van der Waals surface area contributed by atoms with Gasteiger partial charge >= 0.3 is 5.97 Å². The normalized spacial score (nSPS) is 16.2. The zero-order chi connectivity index (χ0) is 16.4. The van der Waals surface area contributed by atoms with Crippen LogP contribution in [0.15, 0.2) is 36.4 Å². The molecule has 2 aromatic rings. The number of rotatable bonds is 3. The van der Waals surface area contributed by atoms with Gasteiger partial charge in [0.1, 0.15) is 29.1 Å². The maximum atomic E-state index is 11.1. The number of hydrogen-bond donors (Lipinski definition) is 1. The number of aromatic hydroxyl groups is 1. The third kappa shape index (κ3) is 3.23. The van der Waals surface area contributed by atoms with Crippen LogP contribution in [0.5, 0.6) is 23.0 Å². The molecule has 1 unspecified atom stereocenters. The Kier molecular flexibility index (Phi) is 4.10. The summed E-state index contributed by atoms with van der Waals surface area (Å²) in [6, 6.07) is 10.4. The molecule has 1 atom stereocenters. The lowest BCUT2D eigenvalue weighted by Gasteiger charge is -2.27. The Labute approximate surface area is 134 Å². The highest BCUT2D eigenvalue weighted by Crippen LogP contribution is 2.40. The van der Waals surface area contributed by atoms with Crippen LogP contribution in [0, 0.1) is 0 Å². The van der Waals surface area contributed by atoms with Gasteiger partial charge in [0.2, 0.25) is 0 Å². The van der Waals surface area contributed by atoms with Crippen molar-refractivity contribution in [2.75, 3.05) is 7.11 Å². The molecule has 1 N–H and O–H groups in total. The Morgan fingerprint density at radius 1 is 1.26 bits per heavy atom. The molecule has 1 aliphatic rings. The van der Waals surface area contributed by atoms with E-state index in [0.29, 0.717) is 17.2 Å². The fraction of sp³-hybridized carbons (Fsp3) is 0.278. The predicted octanol–water partition coefficient (Wildman–Crippen LogP) is 3.39. The van der Waals surface area contributed by atoms with Crippen molar-refractivity contribution in [2.45, 2.75) is 25.9 Å². The third-order valence-corrected chi connectivity index (χ3v) is 3.81. The van der Waals surface area contributed by atoms with Gasteiger partial charge < -0.3 is 19.3 Å². The average Bonchev–Trinajstić information content (AvgIpc) is 2.53. The standard InChI is InChI=1S/C18H18O5/c1-11(19)22-14-6-3-12-4-8-16(23-17(12)10-14)15-7-5-13(20)9-18(15)21-2/h3,5-7,9-10,16,20H,4,8H2,1-2H3. The van der Waals surface area contributed by atoms with Crippen molar-refractivity contribution in [3.63, 3.8) is 0 Å². The lowest BCUT2D eigenvalue weighted by molar-refractivity contribution is -0.131. The minimum atomic E-state index is -0.363. The first-order valence-corrected chi connectivity index (χ1v) is 7.41. The number of ether oxygens (including phenoxy) is 3.